The summed E-state index contributed by atoms with van der Waals surface area (Å²) in [6, 6.07) is 7.23. The van der Waals surface area contributed by atoms with Gasteiger partial charge in [0.25, 0.3) is 0 Å². The molecule has 0 aliphatic heterocycles. The summed E-state index contributed by atoms with van der Waals surface area (Å²) in [5.74, 6) is -1.38. The number of aliphatic carboxylic acids is 1. The molecule has 1 aromatic carbocycles. The van der Waals surface area contributed by atoms with Gasteiger partial charge < -0.3 is 19.7 Å². The van der Waals surface area contributed by atoms with Crippen LogP contribution in [-0.4, -0.2) is 17.7 Å². The molecule has 1 N–H and O–H groups in total. The topological polar surface area (TPSA) is 69.6 Å². The lowest BCUT2D eigenvalue weighted by Gasteiger charge is -2.28. The van der Waals surface area contributed by atoms with Gasteiger partial charge in [-0.05, 0) is 24.6 Å². The first-order valence-electron chi connectivity index (χ1n) is 7.11. The van der Waals surface area contributed by atoms with Crippen LogP contribution in [0.4, 0.5) is 0 Å². The fourth-order valence-corrected chi connectivity index (χ4v) is 2.21. The van der Waals surface area contributed by atoms with E-state index in [2.05, 4.69) is 6.92 Å². The van der Waals surface area contributed by atoms with E-state index in [9.17, 15) is 15.0 Å². The van der Waals surface area contributed by atoms with Gasteiger partial charge in [0.2, 0.25) is 0 Å². The number of hydrogen-bond acceptors (Lipinski definition) is 4. The second-order valence-corrected chi connectivity index (χ2v) is 5.09. The summed E-state index contributed by atoms with van der Waals surface area (Å²) in [5, 5.41) is 21.5. The minimum absolute atomic E-state index is 0.582. The summed E-state index contributed by atoms with van der Waals surface area (Å²) in [7, 11) is 0. The van der Waals surface area contributed by atoms with Crippen molar-refractivity contribution >= 4 is 5.97 Å². The number of hydrogen-bond donors (Lipinski definition) is 1. The standard InChI is InChI=1S/C17H20O4/c1-2-3-12-21-15-7-5-4-6-14(15)17(20)10-8-13(9-11-17)16(18)19/h4-11,13,20H,2-3,12H2,1H3,(H,18,19)/p-1. The molecule has 4 nitrogen and oxygen atoms in total. The van der Waals surface area contributed by atoms with Crippen molar-refractivity contribution in [3.05, 3.63) is 54.1 Å². The lowest BCUT2D eigenvalue weighted by Crippen LogP contribution is -2.32. The van der Waals surface area contributed by atoms with Gasteiger partial charge in [-0.3, -0.25) is 0 Å². The molecule has 0 saturated carbocycles. The third kappa shape index (κ3) is 3.52. The molecule has 112 valence electrons. The second kappa shape index (κ2) is 6.59. The summed E-state index contributed by atoms with van der Waals surface area (Å²) in [6.45, 7) is 2.66. The molecular weight excluding hydrogens is 268 g/mol. The number of carbonyl (C=O) groups excluding carboxylic acids is 1. The van der Waals surface area contributed by atoms with E-state index < -0.39 is 17.5 Å². The average molecular weight is 287 g/mol. The number of carbonyl (C=O) groups is 1. The predicted molar refractivity (Wildman–Crippen MR) is 77.5 cm³/mol. The van der Waals surface area contributed by atoms with Crippen molar-refractivity contribution in [1.29, 1.82) is 0 Å². The molecular formula is C17H19O4-. The normalized spacial score (nSPS) is 24.0. The molecule has 0 fully saturated rings. The monoisotopic (exact) mass is 287 g/mol. The van der Waals surface area contributed by atoms with Crippen molar-refractivity contribution in [2.24, 2.45) is 5.92 Å². The van der Waals surface area contributed by atoms with E-state index in [-0.39, 0.29) is 0 Å². The van der Waals surface area contributed by atoms with Gasteiger partial charge in [0.05, 0.1) is 12.6 Å². The number of aliphatic hydroxyl groups is 1. The minimum atomic E-state index is -1.35. The molecule has 1 aromatic rings. The Morgan fingerprint density at radius 1 is 1.33 bits per heavy atom. The number of carboxylic acid groups (broad SMARTS) is 1. The predicted octanol–water partition coefficient (Wildman–Crippen LogP) is 1.55. The number of para-hydroxylation sites is 1. The average Bonchev–Trinajstić information content (AvgIpc) is 2.48. The van der Waals surface area contributed by atoms with Crippen LogP contribution in [0.15, 0.2) is 48.6 Å². The molecule has 0 radical (unpaired) electrons. The maximum atomic E-state index is 10.8. The first-order valence-corrected chi connectivity index (χ1v) is 7.11. The summed E-state index contributed by atoms with van der Waals surface area (Å²) in [5.41, 5.74) is -0.750. The second-order valence-electron chi connectivity index (χ2n) is 5.09. The molecule has 2 rings (SSSR count). The van der Waals surface area contributed by atoms with E-state index in [1.165, 1.54) is 24.3 Å². The van der Waals surface area contributed by atoms with Crippen LogP contribution in [0.5, 0.6) is 5.75 Å². The van der Waals surface area contributed by atoms with Crippen LogP contribution in [0.3, 0.4) is 0 Å². The van der Waals surface area contributed by atoms with Crippen LogP contribution in [0, 0.1) is 5.92 Å². The summed E-state index contributed by atoms with van der Waals surface area (Å²) in [6.07, 6.45) is 7.76. The van der Waals surface area contributed by atoms with E-state index in [0.29, 0.717) is 17.9 Å². The molecule has 0 unspecified atom stereocenters. The highest BCUT2D eigenvalue weighted by molar-refractivity contribution is 5.73. The molecule has 0 saturated heterocycles. The molecule has 0 amide bonds. The highest BCUT2D eigenvalue weighted by atomic mass is 16.5. The van der Waals surface area contributed by atoms with Gasteiger partial charge >= 0.3 is 0 Å². The molecule has 4 heteroatoms. The van der Waals surface area contributed by atoms with E-state index in [4.69, 9.17) is 4.74 Å². The fourth-order valence-electron chi connectivity index (χ4n) is 2.21. The molecule has 21 heavy (non-hydrogen) atoms. The minimum Gasteiger partial charge on any atom is -0.549 e. The van der Waals surface area contributed by atoms with Crippen molar-refractivity contribution in [3.63, 3.8) is 0 Å². The van der Waals surface area contributed by atoms with E-state index in [1.807, 2.05) is 12.1 Å². The van der Waals surface area contributed by atoms with E-state index in [1.54, 1.807) is 12.1 Å². The Kier molecular flexibility index (Phi) is 4.81. The summed E-state index contributed by atoms with van der Waals surface area (Å²) in [4.78, 5) is 10.8. The number of ether oxygens (including phenoxy) is 1. The van der Waals surface area contributed by atoms with Crippen LogP contribution in [0.2, 0.25) is 0 Å². The maximum Gasteiger partial charge on any atom is 0.130 e. The number of benzene rings is 1. The molecule has 0 spiro atoms. The van der Waals surface area contributed by atoms with Crippen LogP contribution < -0.4 is 9.84 Å². The lowest BCUT2D eigenvalue weighted by molar-refractivity contribution is -0.308. The zero-order valence-corrected chi connectivity index (χ0v) is 12.0. The summed E-state index contributed by atoms with van der Waals surface area (Å²) >= 11 is 0. The van der Waals surface area contributed by atoms with Gasteiger partial charge in [0, 0.05) is 11.5 Å². The fraction of sp³-hybridized carbons (Fsp3) is 0.353. The van der Waals surface area contributed by atoms with Crippen molar-refractivity contribution in [2.45, 2.75) is 25.4 Å². The van der Waals surface area contributed by atoms with Crippen molar-refractivity contribution in [2.75, 3.05) is 6.61 Å². The third-order valence-electron chi connectivity index (χ3n) is 3.46. The molecule has 1 aliphatic carbocycles. The lowest BCUT2D eigenvalue weighted by atomic mass is 9.86. The van der Waals surface area contributed by atoms with E-state index >= 15 is 0 Å². The number of rotatable bonds is 6. The molecule has 0 bridgehead atoms. The molecule has 1 aliphatic rings. The Labute approximate surface area is 124 Å². The highest BCUT2D eigenvalue weighted by Crippen LogP contribution is 2.35. The first kappa shape index (κ1) is 15.3. The van der Waals surface area contributed by atoms with Crippen LogP contribution in [0.25, 0.3) is 0 Å². The SMILES string of the molecule is CCCCOc1ccccc1C1(O)C=CC(C(=O)[O-])C=C1. The third-order valence-corrected chi connectivity index (χ3v) is 3.46. The van der Waals surface area contributed by atoms with Crippen LogP contribution >= 0.6 is 0 Å². The van der Waals surface area contributed by atoms with E-state index in [0.717, 1.165) is 12.8 Å². The van der Waals surface area contributed by atoms with Gasteiger partial charge in [-0.25, -0.2) is 0 Å². The van der Waals surface area contributed by atoms with Crippen LogP contribution in [-0.2, 0) is 10.4 Å². The zero-order chi connectivity index (χ0) is 15.3. The largest absolute Gasteiger partial charge is 0.549 e. The van der Waals surface area contributed by atoms with Crippen molar-refractivity contribution in [3.8, 4) is 5.75 Å². The van der Waals surface area contributed by atoms with Crippen molar-refractivity contribution in [1.82, 2.24) is 0 Å². The van der Waals surface area contributed by atoms with Crippen molar-refractivity contribution < 1.29 is 19.7 Å². The Morgan fingerprint density at radius 2 is 2.00 bits per heavy atom. The zero-order valence-electron chi connectivity index (χ0n) is 12.0. The highest BCUT2D eigenvalue weighted by Gasteiger charge is 2.29. The molecule has 0 heterocycles. The Bertz CT molecular complexity index is 546. The van der Waals surface area contributed by atoms with Gasteiger partial charge in [0.15, 0.2) is 0 Å². The Balaban J connectivity index is 2.23. The van der Waals surface area contributed by atoms with Gasteiger partial charge in [-0.2, -0.15) is 0 Å². The van der Waals surface area contributed by atoms with Gasteiger partial charge in [0.1, 0.15) is 11.4 Å². The molecule has 0 atom stereocenters. The number of unbranched alkanes of at least 4 members (excludes halogenated alkanes) is 1. The quantitative estimate of drug-likeness (QED) is 0.636. The Hall–Kier alpha value is -2.07. The summed E-state index contributed by atoms with van der Waals surface area (Å²) < 4.78 is 5.71. The first-order chi connectivity index (χ1) is 10.1. The smallest absolute Gasteiger partial charge is 0.130 e. The number of carboxylic acids is 1. The Morgan fingerprint density at radius 3 is 2.62 bits per heavy atom. The molecule has 0 aromatic heterocycles. The maximum absolute atomic E-state index is 10.8. The van der Waals surface area contributed by atoms with Gasteiger partial charge in [-0.15, -0.1) is 0 Å². The van der Waals surface area contributed by atoms with Crippen LogP contribution in [0.1, 0.15) is 25.3 Å². The van der Waals surface area contributed by atoms with Gasteiger partial charge in [-0.1, -0.05) is 43.7 Å².